The van der Waals surface area contributed by atoms with Crippen LogP contribution in [0, 0.1) is 17.2 Å². The van der Waals surface area contributed by atoms with Crippen molar-refractivity contribution in [2.45, 2.75) is 33.2 Å². The zero-order valence-corrected chi connectivity index (χ0v) is 17.4. The van der Waals surface area contributed by atoms with Crippen molar-refractivity contribution in [3.8, 4) is 17.6 Å². The molecule has 0 radical (unpaired) electrons. The van der Waals surface area contributed by atoms with Gasteiger partial charge in [-0.15, -0.1) is 0 Å². The first kappa shape index (κ1) is 22.0. The molecule has 1 atom stereocenters. The molecule has 2 aromatic carbocycles. The predicted molar refractivity (Wildman–Crippen MR) is 115 cm³/mol. The molecule has 0 aliphatic heterocycles. The number of benzene rings is 2. The van der Waals surface area contributed by atoms with Gasteiger partial charge in [0.05, 0.1) is 19.8 Å². The molecule has 1 amide bonds. The standard InChI is InChI=1S/C24H28N2O3/c1-17(2)12-13-29-22-11-10-19(15-23(22)28-4)14-21(16-25)24(27)26-18(3)20-8-6-5-7-9-20/h5-11,14-15,17-18H,12-13H2,1-4H3,(H,26,27)/b21-14+. The zero-order chi connectivity index (χ0) is 21.2. The Kier molecular flexibility index (Phi) is 8.29. The van der Waals surface area contributed by atoms with E-state index in [1.54, 1.807) is 31.4 Å². The van der Waals surface area contributed by atoms with Gasteiger partial charge in [-0.2, -0.15) is 5.26 Å². The highest BCUT2D eigenvalue weighted by molar-refractivity contribution is 6.01. The quantitative estimate of drug-likeness (QED) is 0.486. The molecule has 152 valence electrons. The molecule has 2 rings (SSSR count). The Morgan fingerprint density at radius 2 is 1.86 bits per heavy atom. The summed E-state index contributed by atoms with van der Waals surface area (Å²) in [6, 6.07) is 16.8. The molecule has 0 saturated heterocycles. The number of nitrogens with zero attached hydrogens (tertiary/aromatic N) is 1. The SMILES string of the molecule is COc1cc(/C=C(\C#N)C(=O)NC(C)c2ccccc2)ccc1OCCC(C)C. The van der Waals surface area contributed by atoms with Crippen molar-refractivity contribution in [3.63, 3.8) is 0 Å². The van der Waals surface area contributed by atoms with Gasteiger partial charge in [-0.25, -0.2) is 0 Å². The van der Waals surface area contributed by atoms with Crippen LogP contribution in [0.15, 0.2) is 54.1 Å². The van der Waals surface area contributed by atoms with Crippen LogP contribution in [0.2, 0.25) is 0 Å². The monoisotopic (exact) mass is 392 g/mol. The summed E-state index contributed by atoms with van der Waals surface area (Å²) in [5.74, 6) is 1.35. The molecule has 0 saturated carbocycles. The highest BCUT2D eigenvalue weighted by Gasteiger charge is 2.14. The smallest absolute Gasteiger partial charge is 0.262 e. The lowest BCUT2D eigenvalue weighted by Crippen LogP contribution is -2.27. The Balaban J connectivity index is 2.13. The minimum Gasteiger partial charge on any atom is -0.493 e. The van der Waals surface area contributed by atoms with Crippen LogP contribution < -0.4 is 14.8 Å². The first-order chi connectivity index (χ1) is 13.9. The Bertz CT molecular complexity index is 883. The highest BCUT2D eigenvalue weighted by Crippen LogP contribution is 2.29. The Morgan fingerprint density at radius 1 is 1.14 bits per heavy atom. The van der Waals surface area contributed by atoms with E-state index in [4.69, 9.17) is 9.47 Å². The summed E-state index contributed by atoms with van der Waals surface area (Å²) < 4.78 is 11.2. The third-order valence-electron chi connectivity index (χ3n) is 4.46. The normalized spacial score (nSPS) is 12.2. The van der Waals surface area contributed by atoms with Crippen molar-refractivity contribution in [1.29, 1.82) is 5.26 Å². The number of hydrogen-bond acceptors (Lipinski definition) is 4. The van der Waals surface area contributed by atoms with Crippen LogP contribution in [-0.2, 0) is 4.79 Å². The number of nitriles is 1. The lowest BCUT2D eigenvalue weighted by atomic mass is 10.1. The molecular formula is C24H28N2O3. The van der Waals surface area contributed by atoms with Gasteiger partial charge in [0.2, 0.25) is 0 Å². The maximum Gasteiger partial charge on any atom is 0.262 e. The van der Waals surface area contributed by atoms with E-state index in [0.717, 1.165) is 12.0 Å². The second kappa shape index (κ2) is 10.9. The van der Waals surface area contributed by atoms with Crippen LogP contribution in [0.1, 0.15) is 44.4 Å². The van der Waals surface area contributed by atoms with Crippen LogP contribution >= 0.6 is 0 Å². The molecule has 5 nitrogen and oxygen atoms in total. The molecule has 0 fully saturated rings. The van der Waals surface area contributed by atoms with Crippen LogP contribution in [0.5, 0.6) is 11.5 Å². The molecule has 1 unspecified atom stereocenters. The van der Waals surface area contributed by atoms with Gasteiger partial charge < -0.3 is 14.8 Å². The van der Waals surface area contributed by atoms with Gasteiger partial charge in [0.1, 0.15) is 11.6 Å². The van der Waals surface area contributed by atoms with Crippen molar-refractivity contribution in [2.75, 3.05) is 13.7 Å². The van der Waals surface area contributed by atoms with Crippen molar-refractivity contribution < 1.29 is 14.3 Å². The molecule has 0 aromatic heterocycles. The average Bonchev–Trinajstić information content (AvgIpc) is 2.72. The van der Waals surface area contributed by atoms with Crippen molar-refractivity contribution in [3.05, 3.63) is 65.2 Å². The maximum atomic E-state index is 12.5. The maximum absolute atomic E-state index is 12.5. The molecule has 0 spiro atoms. The number of nitrogens with one attached hydrogen (secondary N) is 1. The van der Waals surface area contributed by atoms with Crippen molar-refractivity contribution >= 4 is 12.0 Å². The van der Waals surface area contributed by atoms with Crippen LogP contribution in [0.25, 0.3) is 6.08 Å². The summed E-state index contributed by atoms with van der Waals surface area (Å²) >= 11 is 0. The molecule has 29 heavy (non-hydrogen) atoms. The first-order valence-corrected chi connectivity index (χ1v) is 9.73. The summed E-state index contributed by atoms with van der Waals surface area (Å²) in [6.45, 7) is 6.77. The third kappa shape index (κ3) is 6.69. The fourth-order valence-electron chi connectivity index (χ4n) is 2.71. The van der Waals surface area contributed by atoms with Crippen LogP contribution in [0.4, 0.5) is 0 Å². The number of carbonyl (C=O) groups is 1. The topological polar surface area (TPSA) is 71.3 Å². The zero-order valence-electron chi connectivity index (χ0n) is 17.4. The van der Waals surface area contributed by atoms with Gasteiger partial charge in [0.15, 0.2) is 11.5 Å². The first-order valence-electron chi connectivity index (χ1n) is 9.73. The van der Waals surface area contributed by atoms with Gasteiger partial charge in [-0.05, 0) is 48.6 Å². The lowest BCUT2D eigenvalue weighted by molar-refractivity contribution is -0.117. The molecular weight excluding hydrogens is 364 g/mol. The van der Waals surface area contributed by atoms with E-state index >= 15 is 0 Å². The summed E-state index contributed by atoms with van der Waals surface area (Å²) in [6.07, 6.45) is 2.50. The molecule has 0 heterocycles. The lowest BCUT2D eigenvalue weighted by Gasteiger charge is -2.14. The number of methoxy groups -OCH3 is 1. The largest absolute Gasteiger partial charge is 0.493 e. The second-order valence-electron chi connectivity index (χ2n) is 7.22. The van der Waals surface area contributed by atoms with Gasteiger partial charge >= 0.3 is 0 Å². The Labute approximate surface area is 173 Å². The summed E-state index contributed by atoms with van der Waals surface area (Å²) in [7, 11) is 1.57. The molecule has 2 aromatic rings. The molecule has 5 heteroatoms. The number of hydrogen-bond donors (Lipinski definition) is 1. The van der Waals surface area contributed by atoms with Crippen molar-refractivity contribution in [2.24, 2.45) is 5.92 Å². The van der Waals surface area contributed by atoms with Crippen molar-refractivity contribution in [1.82, 2.24) is 5.32 Å². The van der Waals surface area contributed by atoms with Crippen LogP contribution in [0.3, 0.4) is 0 Å². The summed E-state index contributed by atoms with van der Waals surface area (Å²) in [5.41, 5.74) is 1.70. The number of ether oxygens (including phenoxy) is 2. The molecule has 0 bridgehead atoms. The van der Waals surface area contributed by atoms with E-state index in [0.29, 0.717) is 29.6 Å². The van der Waals surface area contributed by atoms with Gasteiger partial charge in [0, 0.05) is 0 Å². The van der Waals surface area contributed by atoms with E-state index < -0.39 is 5.91 Å². The van der Waals surface area contributed by atoms with Gasteiger partial charge in [-0.3, -0.25) is 4.79 Å². The Morgan fingerprint density at radius 3 is 2.48 bits per heavy atom. The fourth-order valence-corrected chi connectivity index (χ4v) is 2.71. The number of carbonyl (C=O) groups excluding carboxylic acids is 1. The molecule has 0 aliphatic rings. The fraction of sp³-hybridized carbons (Fsp3) is 0.333. The molecule has 1 N–H and O–H groups in total. The predicted octanol–water partition coefficient (Wildman–Crippen LogP) is 4.90. The van der Waals surface area contributed by atoms with E-state index in [1.807, 2.05) is 43.3 Å². The van der Waals surface area contributed by atoms with E-state index in [1.165, 1.54) is 0 Å². The minimum absolute atomic E-state index is 0.0308. The third-order valence-corrected chi connectivity index (χ3v) is 4.46. The minimum atomic E-state index is -0.417. The van der Waals surface area contributed by atoms with E-state index in [9.17, 15) is 10.1 Å². The van der Waals surface area contributed by atoms with E-state index in [-0.39, 0.29) is 11.6 Å². The van der Waals surface area contributed by atoms with E-state index in [2.05, 4.69) is 19.2 Å². The second-order valence-corrected chi connectivity index (χ2v) is 7.22. The van der Waals surface area contributed by atoms with Gasteiger partial charge in [-0.1, -0.05) is 50.2 Å². The average molecular weight is 392 g/mol. The molecule has 0 aliphatic carbocycles. The summed E-state index contributed by atoms with van der Waals surface area (Å²) in [4.78, 5) is 12.5. The summed E-state index contributed by atoms with van der Waals surface area (Å²) in [5, 5.41) is 12.3. The van der Waals surface area contributed by atoms with Crippen LogP contribution in [-0.4, -0.2) is 19.6 Å². The number of rotatable bonds is 9. The Hall–Kier alpha value is -3.26. The van der Waals surface area contributed by atoms with Gasteiger partial charge in [0.25, 0.3) is 5.91 Å². The number of amides is 1. The highest BCUT2D eigenvalue weighted by atomic mass is 16.5.